The molecular formula is C44H82O12S. The van der Waals surface area contributed by atoms with Crippen LogP contribution in [0, 0.1) is 0 Å². The highest BCUT2D eigenvalue weighted by atomic mass is 32.3. The van der Waals surface area contributed by atoms with Crippen molar-refractivity contribution in [3.8, 4) is 0 Å². The van der Waals surface area contributed by atoms with Crippen molar-refractivity contribution >= 4 is 16.4 Å². The summed E-state index contributed by atoms with van der Waals surface area (Å²) in [5.41, 5.74) is 0. The smallest absolute Gasteiger partial charge is 0.397 e. The zero-order valence-electron chi connectivity index (χ0n) is 35.7. The molecule has 12 nitrogen and oxygen atoms in total. The van der Waals surface area contributed by atoms with E-state index in [9.17, 15) is 28.5 Å². The fraction of sp³-hybridized carbons (Fsp3) is 0.886. The third kappa shape index (κ3) is 30.3. The van der Waals surface area contributed by atoms with Gasteiger partial charge in [-0.15, -0.1) is 0 Å². The van der Waals surface area contributed by atoms with Gasteiger partial charge in [0.15, 0.2) is 6.29 Å². The number of unbranched alkanes of at least 4 members (excludes halogenated alkanes) is 22. The summed E-state index contributed by atoms with van der Waals surface area (Å²) in [6.07, 6.45) is 30.7. The van der Waals surface area contributed by atoms with Crippen molar-refractivity contribution in [2.24, 2.45) is 0 Å². The Morgan fingerprint density at radius 2 is 1.16 bits per heavy atom. The van der Waals surface area contributed by atoms with Gasteiger partial charge in [0.1, 0.15) is 30.5 Å². The average Bonchev–Trinajstić information content (AvgIpc) is 3.18. The second kappa shape index (κ2) is 36.4. The van der Waals surface area contributed by atoms with Crippen molar-refractivity contribution < 1.29 is 56.2 Å². The van der Waals surface area contributed by atoms with E-state index in [1.807, 2.05) is 0 Å². The minimum atomic E-state index is -5.06. The molecule has 0 bridgehead atoms. The van der Waals surface area contributed by atoms with Gasteiger partial charge in [-0.05, 0) is 44.9 Å². The van der Waals surface area contributed by atoms with Crippen LogP contribution in [0.1, 0.15) is 187 Å². The predicted molar refractivity (Wildman–Crippen MR) is 225 cm³/mol. The van der Waals surface area contributed by atoms with Gasteiger partial charge in [0.2, 0.25) is 0 Å². The maximum Gasteiger partial charge on any atom is 0.397 e. The molecule has 0 radical (unpaired) electrons. The Kier molecular flexibility index (Phi) is 34.3. The van der Waals surface area contributed by atoms with E-state index in [4.69, 9.17) is 23.5 Å². The molecule has 1 fully saturated rings. The lowest BCUT2D eigenvalue weighted by atomic mass is 9.99. The Morgan fingerprint density at radius 1 is 0.667 bits per heavy atom. The quantitative estimate of drug-likeness (QED) is 0.0200. The van der Waals surface area contributed by atoms with Crippen LogP contribution in [0.3, 0.4) is 0 Å². The Balaban J connectivity index is 2.41. The van der Waals surface area contributed by atoms with E-state index >= 15 is 0 Å². The highest BCUT2D eigenvalue weighted by Gasteiger charge is 2.48. The number of aliphatic hydroxyl groups excluding tert-OH is 3. The SMILES string of the molecule is CCCCC/C=C\C/C=C\CCCCCCCCCCOCC(COC1OC(CO)C(O)C(OS(=O)(=O)O)C1O)OC(=O)CCCCCCCCCCCCCC. The standard InChI is InChI=1S/C44H82O12S/c1-3-5-7-9-11-13-15-17-18-19-20-21-22-24-26-28-30-32-34-52-36-38(54-40(46)33-31-29-27-25-23-16-14-12-10-8-6-4-2)37-53-44-42(48)43(56-57(49,50)51)41(47)39(35-45)55-44/h11,13,17-18,38-39,41-45,47-48H,3-10,12,14-16,19-37H2,1-2H3,(H,49,50,51)/b13-11-,18-17-. The van der Waals surface area contributed by atoms with Gasteiger partial charge in [-0.25, -0.2) is 4.18 Å². The van der Waals surface area contributed by atoms with Crippen LogP contribution >= 0.6 is 0 Å². The van der Waals surface area contributed by atoms with Gasteiger partial charge in [0.05, 0.1) is 19.8 Å². The van der Waals surface area contributed by atoms with Crippen molar-refractivity contribution in [1.82, 2.24) is 0 Å². The van der Waals surface area contributed by atoms with Crippen molar-refractivity contribution in [2.45, 2.75) is 224 Å². The summed E-state index contributed by atoms with van der Waals surface area (Å²) in [7, 11) is -5.06. The molecule has 0 aromatic carbocycles. The van der Waals surface area contributed by atoms with Crippen LogP contribution in [0.5, 0.6) is 0 Å². The normalized spacial score (nSPS) is 20.8. The molecule has 1 saturated heterocycles. The molecule has 1 heterocycles. The van der Waals surface area contributed by atoms with Crippen LogP contribution in [-0.4, -0.2) is 97.5 Å². The summed E-state index contributed by atoms with van der Waals surface area (Å²) in [5.74, 6) is -0.401. The van der Waals surface area contributed by atoms with Crippen LogP contribution in [0.15, 0.2) is 24.3 Å². The number of esters is 1. The number of hydrogen-bond acceptors (Lipinski definition) is 11. The summed E-state index contributed by atoms with van der Waals surface area (Å²) >= 11 is 0. The molecule has 57 heavy (non-hydrogen) atoms. The zero-order chi connectivity index (χ0) is 41.8. The molecule has 6 atom stereocenters. The van der Waals surface area contributed by atoms with E-state index in [0.717, 1.165) is 51.4 Å². The third-order valence-corrected chi connectivity index (χ3v) is 10.8. The van der Waals surface area contributed by atoms with Crippen LogP contribution < -0.4 is 0 Å². The van der Waals surface area contributed by atoms with E-state index in [1.54, 1.807) is 0 Å². The molecule has 1 rings (SSSR count). The van der Waals surface area contributed by atoms with Crippen LogP contribution in [0.4, 0.5) is 0 Å². The molecule has 6 unspecified atom stereocenters. The van der Waals surface area contributed by atoms with E-state index < -0.39 is 59.8 Å². The number of ether oxygens (including phenoxy) is 4. The average molecular weight is 835 g/mol. The fourth-order valence-electron chi connectivity index (χ4n) is 6.88. The van der Waals surface area contributed by atoms with E-state index in [1.165, 1.54) is 109 Å². The lowest BCUT2D eigenvalue weighted by Crippen LogP contribution is -2.60. The second-order valence-electron chi connectivity index (χ2n) is 15.6. The maximum atomic E-state index is 12.8. The molecule has 1 aliphatic heterocycles. The van der Waals surface area contributed by atoms with Gasteiger partial charge >= 0.3 is 16.4 Å². The minimum absolute atomic E-state index is 0.0354. The molecular weight excluding hydrogens is 753 g/mol. The highest BCUT2D eigenvalue weighted by Crippen LogP contribution is 2.26. The molecule has 0 aliphatic carbocycles. The number of hydrogen-bond donors (Lipinski definition) is 4. The molecule has 0 amide bonds. The number of carbonyl (C=O) groups is 1. The number of aliphatic hydroxyl groups is 3. The first kappa shape index (κ1) is 53.6. The molecule has 4 N–H and O–H groups in total. The molecule has 0 spiro atoms. The molecule has 13 heteroatoms. The Bertz CT molecular complexity index is 1100. The summed E-state index contributed by atoms with van der Waals surface area (Å²) in [5, 5.41) is 30.6. The van der Waals surface area contributed by atoms with Gasteiger partial charge in [0, 0.05) is 13.0 Å². The van der Waals surface area contributed by atoms with E-state index in [2.05, 4.69) is 42.3 Å². The van der Waals surface area contributed by atoms with Crippen LogP contribution in [-0.2, 0) is 38.3 Å². The number of rotatable bonds is 39. The Labute approximate surface area is 346 Å². The summed E-state index contributed by atoms with van der Waals surface area (Å²) in [6.45, 7) is 3.95. The molecule has 1 aliphatic rings. The molecule has 0 aromatic heterocycles. The van der Waals surface area contributed by atoms with Gasteiger partial charge in [-0.1, -0.05) is 160 Å². The fourth-order valence-corrected chi connectivity index (χ4v) is 7.39. The van der Waals surface area contributed by atoms with Gasteiger partial charge < -0.3 is 34.3 Å². The highest BCUT2D eigenvalue weighted by molar-refractivity contribution is 7.80. The molecule has 0 aromatic rings. The summed E-state index contributed by atoms with van der Waals surface area (Å²) in [4.78, 5) is 12.8. The van der Waals surface area contributed by atoms with E-state index in [-0.39, 0.29) is 19.6 Å². The zero-order valence-corrected chi connectivity index (χ0v) is 36.5. The van der Waals surface area contributed by atoms with Crippen molar-refractivity contribution in [3.63, 3.8) is 0 Å². The topological polar surface area (TPSA) is 178 Å². The maximum absolute atomic E-state index is 12.8. The van der Waals surface area contributed by atoms with Gasteiger partial charge in [-0.2, -0.15) is 8.42 Å². The Morgan fingerprint density at radius 3 is 1.70 bits per heavy atom. The summed E-state index contributed by atoms with van der Waals surface area (Å²) < 4.78 is 59.0. The third-order valence-electron chi connectivity index (χ3n) is 10.3. The first-order chi connectivity index (χ1) is 27.6. The summed E-state index contributed by atoms with van der Waals surface area (Å²) in [6, 6.07) is 0. The lowest BCUT2D eigenvalue weighted by molar-refractivity contribution is -0.301. The molecule has 0 saturated carbocycles. The first-order valence-electron chi connectivity index (χ1n) is 22.6. The minimum Gasteiger partial charge on any atom is -0.457 e. The largest absolute Gasteiger partial charge is 0.457 e. The second-order valence-corrected chi connectivity index (χ2v) is 16.7. The molecule has 336 valence electrons. The lowest BCUT2D eigenvalue weighted by Gasteiger charge is -2.41. The number of carbonyl (C=O) groups excluding carboxylic acids is 1. The first-order valence-corrected chi connectivity index (χ1v) is 24.0. The number of allylic oxidation sites excluding steroid dienone is 4. The monoisotopic (exact) mass is 835 g/mol. The van der Waals surface area contributed by atoms with Crippen molar-refractivity contribution in [1.29, 1.82) is 0 Å². The van der Waals surface area contributed by atoms with E-state index in [0.29, 0.717) is 13.0 Å². The van der Waals surface area contributed by atoms with Crippen molar-refractivity contribution in [3.05, 3.63) is 24.3 Å². The van der Waals surface area contributed by atoms with Gasteiger partial charge in [0.25, 0.3) is 0 Å². The van der Waals surface area contributed by atoms with Crippen LogP contribution in [0.2, 0.25) is 0 Å². The van der Waals surface area contributed by atoms with Gasteiger partial charge in [-0.3, -0.25) is 9.35 Å². The predicted octanol–water partition coefficient (Wildman–Crippen LogP) is 9.24. The van der Waals surface area contributed by atoms with Crippen LogP contribution in [0.25, 0.3) is 0 Å². The van der Waals surface area contributed by atoms with Crippen molar-refractivity contribution in [2.75, 3.05) is 26.4 Å². The Hall–Kier alpha value is -1.42.